The highest BCUT2D eigenvalue weighted by Crippen LogP contribution is 2.24. The van der Waals surface area contributed by atoms with Gasteiger partial charge in [-0.05, 0) is 31.0 Å². The van der Waals surface area contributed by atoms with E-state index in [1.54, 1.807) is 13.8 Å². The largest absolute Gasteiger partial charge is 0.478 e. The first-order valence-electron chi connectivity index (χ1n) is 5.61. The first kappa shape index (κ1) is 14.6. The van der Waals surface area contributed by atoms with Gasteiger partial charge in [0.1, 0.15) is 10.7 Å². The van der Waals surface area contributed by atoms with Crippen molar-refractivity contribution in [2.24, 2.45) is 0 Å². The van der Waals surface area contributed by atoms with E-state index in [1.807, 2.05) is 0 Å². The van der Waals surface area contributed by atoms with Crippen LogP contribution in [0.15, 0.2) is 23.1 Å². The molecule has 0 aliphatic carbocycles. The number of carboxylic acids is 1. The smallest absolute Gasteiger partial charge is 0.335 e. The minimum Gasteiger partial charge on any atom is -0.478 e. The Hall–Kier alpha value is -1.43. The van der Waals surface area contributed by atoms with Crippen molar-refractivity contribution in [3.63, 3.8) is 0 Å². The van der Waals surface area contributed by atoms with Crippen LogP contribution in [0.25, 0.3) is 0 Å². The van der Waals surface area contributed by atoms with Crippen LogP contribution in [-0.2, 0) is 9.84 Å². The predicted octanol–water partition coefficient (Wildman–Crippen LogP) is 2.49. The van der Waals surface area contributed by atoms with Crippen LogP contribution in [0.2, 0.25) is 0 Å². The van der Waals surface area contributed by atoms with Gasteiger partial charge in [-0.3, -0.25) is 0 Å². The fraction of sp³-hybridized carbons (Fsp3) is 0.417. The Labute approximate surface area is 105 Å². The Morgan fingerprint density at radius 2 is 1.89 bits per heavy atom. The van der Waals surface area contributed by atoms with Crippen LogP contribution in [0, 0.1) is 5.82 Å². The molecule has 0 bridgehead atoms. The highest BCUT2D eigenvalue weighted by atomic mass is 32.2. The molecule has 0 fully saturated rings. The van der Waals surface area contributed by atoms with Gasteiger partial charge in [0, 0.05) is 0 Å². The van der Waals surface area contributed by atoms with Crippen molar-refractivity contribution in [2.45, 2.75) is 36.8 Å². The Balaban J connectivity index is 3.40. The first-order chi connectivity index (χ1) is 8.34. The molecule has 1 rings (SSSR count). The SMILES string of the molecule is CCC(CC)S(=O)(=O)c1cc(C(=O)O)ccc1F. The number of rotatable bonds is 5. The Morgan fingerprint density at radius 3 is 2.33 bits per heavy atom. The van der Waals surface area contributed by atoms with Gasteiger partial charge in [0.15, 0.2) is 9.84 Å². The molecule has 1 aromatic carbocycles. The number of carboxylic acid groups (broad SMARTS) is 1. The van der Waals surface area contributed by atoms with Gasteiger partial charge in [-0.25, -0.2) is 17.6 Å². The fourth-order valence-electron chi connectivity index (χ4n) is 1.76. The van der Waals surface area contributed by atoms with E-state index in [0.29, 0.717) is 12.8 Å². The third-order valence-electron chi connectivity index (χ3n) is 2.83. The van der Waals surface area contributed by atoms with Crippen LogP contribution in [0.4, 0.5) is 4.39 Å². The van der Waals surface area contributed by atoms with Crippen molar-refractivity contribution >= 4 is 15.8 Å². The molecule has 0 aromatic heterocycles. The van der Waals surface area contributed by atoms with Gasteiger partial charge in [-0.15, -0.1) is 0 Å². The molecule has 1 N–H and O–H groups in total. The van der Waals surface area contributed by atoms with Crippen LogP contribution in [0.5, 0.6) is 0 Å². The first-order valence-corrected chi connectivity index (χ1v) is 7.15. The minimum atomic E-state index is -3.83. The molecular formula is C12H15FO4S. The topological polar surface area (TPSA) is 71.4 Å². The quantitative estimate of drug-likeness (QED) is 0.895. The normalized spacial score (nSPS) is 11.8. The number of hydrogen-bond acceptors (Lipinski definition) is 3. The van der Waals surface area contributed by atoms with E-state index in [9.17, 15) is 17.6 Å². The molecule has 0 spiro atoms. The predicted molar refractivity (Wildman–Crippen MR) is 64.9 cm³/mol. The lowest BCUT2D eigenvalue weighted by atomic mass is 10.2. The number of hydrogen-bond donors (Lipinski definition) is 1. The zero-order valence-electron chi connectivity index (χ0n) is 10.2. The summed E-state index contributed by atoms with van der Waals surface area (Å²) in [5.74, 6) is -2.19. The second-order valence-electron chi connectivity index (χ2n) is 3.93. The maximum absolute atomic E-state index is 13.6. The average molecular weight is 274 g/mol. The standard InChI is InChI=1S/C12H15FO4S/c1-3-9(4-2)18(16,17)11-7-8(12(14)15)5-6-10(11)13/h5-7,9H,3-4H2,1-2H3,(H,14,15). The summed E-state index contributed by atoms with van der Waals surface area (Å²) in [7, 11) is -3.83. The molecule has 0 aliphatic heterocycles. The minimum absolute atomic E-state index is 0.235. The van der Waals surface area contributed by atoms with Crippen molar-refractivity contribution in [3.8, 4) is 0 Å². The number of carbonyl (C=O) groups is 1. The summed E-state index contributed by atoms with van der Waals surface area (Å²) in [6.07, 6.45) is 0.713. The second-order valence-corrected chi connectivity index (χ2v) is 6.13. The van der Waals surface area contributed by atoms with E-state index in [2.05, 4.69) is 0 Å². The molecule has 0 heterocycles. The van der Waals surface area contributed by atoms with Crippen molar-refractivity contribution in [2.75, 3.05) is 0 Å². The van der Waals surface area contributed by atoms with Gasteiger partial charge in [0.2, 0.25) is 0 Å². The third-order valence-corrected chi connectivity index (χ3v) is 5.30. The summed E-state index contributed by atoms with van der Waals surface area (Å²) < 4.78 is 37.9. The lowest BCUT2D eigenvalue weighted by molar-refractivity contribution is 0.0696. The van der Waals surface area contributed by atoms with E-state index in [4.69, 9.17) is 5.11 Å². The molecule has 0 atom stereocenters. The van der Waals surface area contributed by atoms with E-state index >= 15 is 0 Å². The molecule has 0 unspecified atom stereocenters. The maximum atomic E-state index is 13.6. The Kier molecular flexibility index (Phi) is 4.45. The van der Waals surface area contributed by atoms with Gasteiger partial charge < -0.3 is 5.11 Å². The molecule has 0 saturated carbocycles. The highest BCUT2D eigenvalue weighted by Gasteiger charge is 2.28. The van der Waals surface area contributed by atoms with Gasteiger partial charge in [0.05, 0.1) is 10.8 Å². The van der Waals surface area contributed by atoms with Crippen molar-refractivity contribution in [3.05, 3.63) is 29.6 Å². The molecule has 100 valence electrons. The zero-order valence-corrected chi connectivity index (χ0v) is 11.0. The molecule has 4 nitrogen and oxygen atoms in total. The fourth-order valence-corrected chi connectivity index (χ4v) is 3.63. The van der Waals surface area contributed by atoms with E-state index in [-0.39, 0.29) is 5.56 Å². The molecule has 0 radical (unpaired) electrons. The van der Waals surface area contributed by atoms with Crippen molar-refractivity contribution in [1.82, 2.24) is 0 Å². The summed E-state index contributed by atoms with van der Waals surface area (Å²) in [6.45, 7) is 3.40. The summed E-state index contributed by atoms with van der Waals surface area (Å²) in [4.78, 5) is 10.3. The van der Waals surface area contributed by atoms with Gasteiger partial charge in [-0.1, -0.05) is 13.8 Å². The van der Waals surface area contributed by atoms with Crippen LogP contribution in [-0.4, -0.2) is 24.7 Å². The Morgan fingerprint density at radius 1 is 1.33 bits per heavy atom. The lowest BCUT2D eigenvalue weighted by Gasteiger charge is -2.14. The van der Waals surface area contributed by atoms with Gasteiger partial charge in [-0.2, -0.15) is 0 Å². The molecule has 0 amide bonds. The van der Waals surface area contributed by atoms with Gasteiger partial charge >= 0.3 is 5.97 Å². The monoisotopic (exact) mass is 274 g/mol. The van der Waals surface area contributed by atoms with Crippen LogP contribution < -0.4 is 0 Å². The molecule has 18 heavy (non-hydrogen) atoms. The summed E-state index contributed by atoms with van der Waals surface area (Å²) in [5, 5.41) is 8.10. The summed E-state index contributed by atoms with van der Waals surface area (Å²) in [6, 6.07) is 2.80. The number of halogens is 1. The Bertz CT molecular complexity index is 547. The molecule has 0 aliphatic rings. The molecule has 1 aromatic rings. The lowest BCUT2D eigenvalue weighted by Crippen LogP contribution is -2.21. The van der Waals surface area contributed by atoms with Gasteiger partial charge in [0.25, 0.3) is 0 Å². The summed E-state index contributed by atoms with van der Waals surface area (Å²) in [5.41, 5.74) is -0.235. The molecule has 0 saturated heterocycles. The second kappa shape index (κ2) is 5.48. The number of aromatic carboxylic acids is 1. The van der Waals surface area contributed by atoms with E-state index in [1.165, 1.54) is 0 Å². The van der Waals surface area contributed by atoms with E-state index < -0.39 is 31.8 Å². The zero-order chi connectivity index (χ0) is 13.9. The number of sulfone groups is 1. The van der Waals surface area contributed by atoms with Crippen molar-refractivity contribution < 1.29 is 22.7 Å². The number of benzene rings is 1. The van der Waals surface area contributed by atoms with Crippen molar-refractivity contribution in [1.29, 1.82) is 0 Å². The molecule has 6 heteroatoms. The summed E-state index contributed by atoms with van der Waals surface area (Å²) >= 11 is 0. The highest BCUT2D eigenvalue weighted by molar-refractivity contribution is 7.92. The van der Waals surface area contributed by atoms with E-state index in [0.717, 1.165) is 18.2 Å². The van der Waals surface area contributed by atoms with Crippen LogP contribution in [0.3, 0.4) is 0 Å². The van der Waals surface area contributed by atoms with Crippen LogP contribution >= 0.6 is 0 Å². The third kappa shape index (κ3) is 2.69. The average Bonchev–Trinajstić information content (AvgIpc) is 2.30. The molecular weight excluding hydrogens is 259 g/mol. The van der Waals surface area contributed by atoms with Crippen LogP contribution in [0.1, 0.15) is 37.0 Å². The maximum Gasteiger partial charge on any atom is 0.335 e.